The predicted octanol–water partition coefficient (Wildman–Crippen LogP) is -3.78. The predicted molar refractivity (Wildman–Crippen MR) is 92.9 cm³/mol. The molecule has 2 fully saturated rings. The van der Waals surface area contributed by atoms with Crippen LogP contribution in [0.5, 0.6) is 0 Å². The van der Waals surface area contributed by atoms with Crippen LogP contribution in [-0.2, 0) is 14.2 Å². The van der Waals surface area contributed by atoms with E-state index in [1.54, 1.807) is 0 Å². The number of hydrogen-bond donors (Lipinski definition) is 7. The third kappa shape index (κ3) is 5.04. The second-order valence-corrected chi connectivity index (χ2v) is 6.78. The Labute approximate surface area is 156 Å². The Balaban J connectivity index is 2.12. The third-order valence-corrected chi connectivity index (χ3v) is 4.90. The highest BCUT2D eigenvalue weighted by molar-refractivity contribution is 5.00. The van der Waals surface area contributed by atoms with Gasteiger partial charge in [0.25, 0.3) is 0 Å². The maximum absolute atomic E-state index is 10.4. The number of hydrogen-bond acceptors (Lipinski definition) is 11. The number of nitrogens with two attached hydrogens (primary N) is 4. The van der Waals surface area contributed by atoms with Crippen molar-refractivity contribution in [3.8, 4) is 0 Å². The molecule has 13 nitrogen and oxygen atoms in total. The molecule has 0 aromatic rings. The van der Waals surface area contributed by atoms with E-state index in [1.807, 2.05) is 0 Å². The van der Waals surface area contributed by atoms with Crippen LogP contribution in [-0.4, -0.2) is 96.1 Å². The van der Waals surface area contributed by atoms with Crippen LogP contribution in [0.15, 0.2) is 5.11 Å². The molecule has 11 N–H and O–H groups in total. The molecule has 2 rings (SSSR count). The Morgan fingerprint density at radius 1 is 1.07 bits per heavy atom. The summed E-state index contributed by atoms with van der Waals surface area (Å²) in [4.78, 5) is 2.62. The molecule has 0 spiro atoms. The van der Waals surface area contributed by atoms with Gasteiger partial charge in [0.15, 0.2) is 6.29 Å². The average Bonchev–Trinajstić information content (AvgIpc) is 2.65. The summed E-state index contributed by atoms with van der Waals surface area (Å²) in [6.07, 6.45) is -7.17. The van der Waals surface area contributed by atoms with Crippen molar-refractivity contribution in [3.63, 3.8) is 0 Å². The molecule has 0 amide bonds. The van der Waals surface area contributed by atoms with Crippen LogP contribution in [0, 0.1) is 0 Å². The summed E-state index contributed by atoms with van der Waals surface area (Å²) in [5.41, 5.74) is 31.8. The Morgan fingerprint density at radius 3 is 2.41 bits per heavy atom. The fourth-order valence-corrected chi connectivity index (χ4v) is 3.34. The van der Waals surface area contributed by atoms with Crippen molar-refractivity contribution in [2.24, 2.45) is 28.0 Å². The van der Waals surface area contributed by atoms with Gasteiger partial charge >= 0.3 is 0 Å². The molecule has 0 unspecified atom stereocenters. The summed E-state index contributed by atoms with van der Waals surface area (Å²) in [7, 11) is 0. The van der Waals surface area contributed by atoms with Gasteiger partial charge in [-0.15, -0.1) is 0 Å². The lowest BCUT2D eigenvalue weighted by Crippen LogP contribution is -2.67. The normalized spacial score (nSPS) is 45.3. The Kier molecular flexibility index (Phi) is 8.15. The number of aliphatic hydroxyl groups excluding tert-OH is 3. The van der Waals surface area contributed by atoms with E-state index < -0.39 is 61.0 Å². The minimum absolute atomic E-state index is 0.0232. The molecule has 156 valence electrons. The van der Waals surface area contributed by atoms with Crippen molar-refractivity contribution < 1.29 is 29.5 Å². The first-order chi connectivity index (χ1) is 12.8. The highest BCUT2D eigenvalue weighted by Gasteiger charge is 2.48. The van der Waals surface area contributed by atoms with Gasteiger partial charge in [-0.1, -0.05) is 5.11 Å². The third-order valence-electron chi connectivity index (χ3n) is 4.90. The van der Waals surface area contributed by atoms with Crippen LogP contribution in [0.4, 0.5) is 0 Å². The van der Waals surface area contributed by atoms with Crippen LogP contribution in [0.1, 0.15) is 6.42 Å². The molecule has 1 saturated carbocycles. The first-order valence-electron chi connectivity index (χ1n) is 8.76. The van der Waals surface area contributed by atoms with Crippen LogP contribution >= 0.6 is 0 Å². The van der Waals surface area contributed by atoms with Gasteiger partial charge in [0.05, 0.1) is 18.8 Å². The van der Waals surface area contributed by atoms with Gasteiger partial charge in [-0.2, -0.15) is 0 Å². The van der Waals surface area contributed by atoms with E-state index in [2.05, 4.69) is 10.0 Å². The molecule has 0 radical (unpaired) electrons. The van der Waals surface area contributed by atoms with Gasteiger partial charge in [0.1, 0.15) is 30.5 Å². The molecule has 13 heteroatoms. The van der Waals surface area contributed by atoms with Crippen LogP contribution < -0.4 is 22.9 Å². The molecule has 2 aliphatic rings. The second-order valence-electron chi connectivity index (χ2n) is 6.78. The van der Waals surface area contributed by atoms with Crippen molar-refractivity contribution >= 4 is 0 Å². The van der Waals surface area contributed by atoms with Gasteiger partial charge in [-0.3, -0.25) is 0 Å². The largest absolute Gasteiger partial charge is 0.389 e. The van der Waals surface area contributed by atoms with Gasteiger partial charge in [0, 0.05) is 30.1 Å². The fourth-order valence-electron chi connectivity index (χ4n) is 3.34. The lowest BCUT2D eigenvalue weighted by molar-refractivity contribution is -0.290. The standard InChI is InChI=1S/C14H29N7O6/c15-4-7-10(23)11(24)8(18)14(26-7)27-12-6(17)3-5(16)9(22)13(12)25-2-1-20-21-19/h5-14,22-24H,1-4,15-18H2/t5-,6+,7-,8-,9+,10-,11-,12-,13-,14-/m1/s1. The molecular weight excluding hydrogens is 362 g/mol. The molecule has 10 atom stereocenters. The number of rotatable bonds is 7. The molecule has 1 saturated heterocycles. The van der Waals surface area contributed by atoms with Crippen molar-refractivity contribution in [2.75, 3.05) is 19.7 Å². The SMILES string of the molecule is [N-]=[N+]=NCCO[C@@H]1[C@@H](O)[C@H](N)C[C@H](N)[C@H]1O[C@H]1O[C@H](CN)[C@@H](O)[C@H](O)[C@H]1N. The van der Waals surface area contributed by atoms with Gasteiger partial charge in [-0.05, 0) is 12.0 Å². The van der Waals surface area contributed by atoms with E-state index in [9.17, 15) is 15.3 Å². The zero-order valence-corrected chi connectivity index (χ0v) is 14.8. The molecule has 0 aromatic heterocycles. The van der Waals surface area contributed by atoms with Gasteiger partial charge in [-0.25, -0.2) is 0 Å². The van der Waals surface area contributed by atoms with Crippen LogP contribution in [0.2, 0.25) is 0 Å². The van der Waals surface area contributed by atoms with Gasteiger partial charge < -0.3 is 52.5 Å². The molecule has 1 aliphatic carbocycles. The van der Waals surface area contributed by atoms with Crippen molar-refractivity contribution in [1.29, 1.82) is 0 Å². The average molecular weight is 391 g/mol. The van der Waals surface area contributed by atoms with E-state index in [0.29, 0.717) is 0 Å². The number of ether oxygens (including phenoxy) is 3. The Morgan fingerprint density at radius 2 is 1.78 bits per heavy atom. The fraction of sp³-hybridized carbons (Fsp3) is 1.00. The molecule has 1 heterocycles. The van der Waals surface area contributed by atoms with Crippen molar-refractivity contribution in [2.45, 2.75) is 67.5 Å². The molecule has 27 heavy (non-hydrogen) atoms. The summed E-state index contributed by atoms with van der Waals surface area (Å²) in [5.74, 6) is 0. The highest BCUT2D eigenvalue weighted by atomic mass is 16.7. The maximum atomic E-state index is 10.4. The molecule has 0 aromatic carbocycles. The van der Waals surface area contributed by atoms with E-state index in [4.69, 9.17) is 42.7 Å². The van der Waals surface area contributed by atoms with Crippen LogP contribution in [0.25, 0.3) is 10.4 Å². The highest BCUT2D eigenvalue weighted by Crippen LogP contribution is 2.28. The number of nitrogens with zero attached hydrogens (tertiary/aromatic N) is 3. The zero-order chi connectivity index (χ0) is 20.1. The van der Waals surface area contributed by atoms with E-state index >= 15 is 0 Å². The first-order valence-corrected chi connectivity index (χ1v) is 8.76. The van der Waals surface area contributed by atoms with E-state index in [-0.39, 0.29) is 26.1 Å². The van der Waals surface area contributed by atoms with Crippen LogP contribution in [0.3, 0.4) is 0 Å². The summed E-state index contributed by atoms with van der Waals surface area (Å²) >= 11 is 0. The summed E-state index contributed by atoms with van der Waals surface area (Å²) in [5, 5.41) is 33.8. The minimum atomic E-state index is -1.31. The topological polar surface area (TPSA) is 241 Å². The summed E-state index contributed by atoms with van der Waals surface area (Å²) < 4.78 is 17.0. The quantitative estimate of drug-likeness (QED) is 0.0965. The first kappa shape index (κ1) is 22.2. The molecule has 1 aliphatic heterocycles. The van der Waals surface area contributed by atoms with Crippen molar-refractivity contribution in [3.05, 3.63) is 10.4 Å². The van der Waals surface area contributed by atoms with E-state index in [1.165, 1.54) is 0 Å². The smallest absolute Gasteiger partial charge is 0.176 e. The lowest BCUT2D eigenvalue weighted by atomic mass is 9.84. The number of azide groups is 1. The monoisotopic (exact) mass is 391 g/mol. The minimum Gasteiger partial charge on any atom is -0.389 e. The van der Waals surface area contributed by atoms with E-state index in [0.717, 1.165) is 0 Å². The lowest BCUT2D eigenvalue weighted by Gasteiger charge is -2.46. The number of aliphatic hydroxyl groups is 3. The summed E-state index contributed by atoms with van der Waals surface area (Å²) in [6, 6.07) is -2.30. The second kappa shape index (κ2) is 9.91. The van der Waals surface area contributed by atoms with Gasteiger partial charge in [0.2, 0.25) is 0 Å². The molecular formula is C14H29N7O6. The zero-order valence-electron chi connectivity index (χ0n) is 14.8. The summed E-state index contributed by atoms with van der Waals surface area (Å²) in [6.45, 7) is 0.0209. The maximum Gasteiger partial charge on any atom is 0.176 e. The molecule has 0 bridgehead atoms. The van der Waals surface area contributed by atoms with Crippen molar-refractivity contribution in [1.82, 2.24) is 0 Å². The Hall–Kier alpha value is -1.09. The Bertz CT molecular complexity index is 522.